The molecule has 1 heterocycles. The molecule has 2 N–H and O–H groups in total. The third-order valence-electron chi connectivity index (χ3n) is 3.51. The van der Waals surface area contributed by atoms with Crippen LogP contribution in [0.15, 0.2) is 54.7 Å². The number of benzene rings is 2. The van der Waals surface area contributed by atoms with E-state index in [0.717, 1.165) is 35.4 Å². The number of hydrogen-bond acceptors (Lipinski definition) is 3. The molecule has 0 aliphatic rings. The number of pyridine rings is 1. The van der Waals surface area contributed by atoms with Gasteiger partial charge in [0.15, 0.2) is 0 Å². The first kappa shape index (κ1) is 16.1. The zero-order chi connectivity index (χ0) is 16.1. The van der Waals surface area contributed by atoms with Crippen molar-refractivity contribution in [2.45, 2.75) is 6.54 Å². The lowest BCUT2D eigenvalue weighted by atomic mass is 10.1. The number of anilines is 2. The van der Waals surface area contributed by atoms with E-state index in [4.69, 9.17) is 23.2 Å². The van der Waals surface area contributed by atoms with E-state index in [9.17, 15) is 0 Å². The highest BCUT2D eigenvalue weighted by Gasteiger charge is 2.04. The lowest BCUT2D eigenvalue weighted by Gasteiger charge is -2.11. The molecular weight excluding hydrogens is 329 g/mol. The summed E-state index contributed by atoms with van der Waals surface area (Å²) in [7, 11) is 0. The average Bonchev–Trinajstić information content (AvgIpc) is 2.55. The molecule has 118 valence electrons. The molecule has 0 radical (unpaired) electrons. The van der Waals surface area contributed by atoms with Gasteiger partial charge in [-0.05, 0) is 42.0 Å². The van der Waals surface area contributed by atoms with Crippen molar-refractivity contribution in [1.29, 1.82) is 0 Å². The van der Waals surface area contributed by atoms with Crippen LogP contribution in [0.5, 0.6) is 0 Å². The van der Waals surface area contributed by atoms with E-state index in [0.29, 0.717) is 10.9 Å². The van der Waals surface area contributed by atoms with Gasteiger partial charge in [-0.25, -0.2) is 0 Å². The van der Waals surface area contributed by atoms with Crippen LogP contribution in [0.2, 0.25) is 5.02 Å². The molecule has 0 atom stereocenters. The van der Waals surface area contributed by atoms with Crippen LogP contribution in [-0.2, 0) is 6.54 Å². The normalized spacial score (nSPS) is 10.9. The van der Waals surface area contributed by atoms with Gasteiger partial charge in [-0.2, -0.15) is 0 Å². The van der Waals surface area contributed by atoms with Crippen molar-refractivity contribution in [2.75, 3.05) is 17.7 Å². The van der Waals surface area contributed by atoms with E-state index in [1.54, 1.807) is 6.20 Å². The summed E-state index contributed by atoms with van der Waals surface area (Å²) in [6.07, 6.45) is 1.78. The Kier molecular flexibility index (Phi) is 5.34. The highest BCUT2D eigenvalue weighted by atomic mass is 35.5. The number of rotatable bonds is 6. The summed E-state index contributed by atoms with van der Waals surface area (Å²) in [5.74, 6) is 0.615. The molecular formula is C18H17Cl2N3. The molecule has 0 bridgehead atoms. The Morgan fingerprint density at radius 3 is 2.83 bits per heavy atom. The molecule has 3 nitrogen and oxygen atoms in total. The Labute approximate surface area is 145 Å². The maximum Gasteiger partial charge on any atom is 0.0737 e. The van der Waals surface area contributed by atoms with Crippen LogP contribution in [0, 0.1) is 0 Å². The minimum atomic E-state index is 0.615. The van der Waals surface area contributed by atoms with E-state index in [1.165, 1.54) is 5.56 Å². The lowest BCUT2D eigenvalue weighted by Crippen LogP contribution is -2.15. The minimum Gasteiger partial charge on any atom is -0.355 e. The molecule has 23 heavy (non-hydrogen) atoms. The Balaban J connectivity index is 1.83. The van der Waals surface area contributed by atoms with Crippen molar-refractivity contribution in [3.05, 3.63) is 65.3 Å². The molecule has 1 aromatic heterocycles. The Morgan fingerprint density at radius 1 is 1.04 bits per heavy atom. The summed E-state index contributed by atoms with van der Waals surface area (Å²) in [5.41, 5.74) is 4.14. The smallest absolute Gasteiger partial charge is 0.0737 e. The lowest BCUT2D eigenvalue weighted by molar-refractivity contribution is 0.730. The standard InChI is InChI=1S/C18H17Cl2N3/c19-7-9-21-12-13-2-1-3-15(10-13)23-17-6-8-22-18-11-14(20)4-5-16(17)18/h1-6,8,10-11,21H,7,9,12H2,(H,22,23). The monoisotopic (exact) mass is 345 g/mol. The molecule has 5 heteroatoms. The van der Waals surface area contributed by atoms with Gasteiger partial charge in [0.2, 0.25) is 0 Å². The molecule has 2 aromatic carbocycles. The summed E-state index contributed by atoms with van der Waals surface area (Å²) in [6, 6.07) is 16.0. The zero-order valence-electron chi connectivity index (χ0n) is 12.5. The maximum absolute atomic E-state index is 6.04. The van der Waals surface area contributed by atoms with Gasteiger partial charge in [0, 0.05) is 46.9 Å². The van der Waals surface area contributed by atoms with Crippen LogP contribution in [0.4, 0.5) is 11.4 Å². The highest BCUT2D eigenvalue weighted by Crippen LogP contribution is 2.27. The predicted octanol–water partition coefficient (Wildman–Crippen LogP) is 4.96. The topological polar surface area (TPSA) is 37.0 Å². The van der Waals surface area contributed by atoms with Crippen molar-refractivity contribution in [2.24, 2.45) is 0 Å². The molecule has 3 rings (SSSR count). The average molecular weight is 346 g/mol. The molecule has 0 unspecified atom stereocenters. The molecule has 0 aliphatic carbocycles. The van der Waals surface area contributed by atoms with E-state index in [2.05, 4.69) is 27.8 Å². The number of nitrogens with zero attached hydrogens (tertiary/aromatic N) is 1. The van der Waals surface area contributed by atoms with Crippen molar-refractivity contribution in [3.8, 4) is 0 Å². The highest BCUT2D eigenvalue weighted by molar-refractivity contribution is 6.31. The second-order valence-corrected chi connectivity index (χ2v) is 6.03. The van der Waals surface area contributed by atoms with Crippen LogP contribution < -0.4 is 10.6 Å². The zero-order valence-corrected chi connectivity index (χ0v) is 14.0. The first-order chi connectivity index (χ1) is 11.3. The van der Waals surface area contributed by atoms with E-state index < -0.39 is 0 Å². The first-order valence-corrected chi connectivity index (χ1v) is 8.34. The van der Waals surface area contributed by atoms with Crippen molar-refractivity contribution in [3.63, 3.8) is 0 Å². The second kappa shape index (κ2) is 7.64. The quantitative estimate of drug-likeness (QED) is 0.489. The van der Waals surface area contributed by atoms with Crippen LogP contribution >= 0.6 is 23.2 Å². The molecule has 0 amide bonds. The molecule has 0 spiro atoms. The number of nitrogens with one attached hydrogen (secondary N) is 2. The fourth-order valence-corrected chi connectivity index (χ4v) is 2.74. The van der Waals surface area contributed by atoms with E-state index in [-0.39, 0.29) is 0 Å². The molecule has 3 aromatic rings. The summed E-state index contributed by atoms with van der Waals surface area (Å²) < 4.78 is 0. The van der Waals surface area contributed by atoms with Crippen LogP contribution in [0.3, 0.4) is 0 Å². The van der Waals surface area contributed by atoms with Gasteiger partial charge in [0.1, 0.15) is 0 Å². The second-order valence-electron chi connectivity index (χ2n) is 5.21. The fourth-order valence-electron chi connectivity index (χ4n) is 2.44. The third-order valence-corrected chi connectivity index (χ3v) is 3.94. The van der Waals surface area contributed by atoms with Crippen LogP contribution in [-0.4, -0.2) is 17.4 Å². The summed E-state index contributed by atoms with van der Waals surface area (Å²) in [6.45, 7) is 1.60. The van der Waals surface area contributed by atoms with Crippen molar-refractivity contribution >= 4 is 45.5 Å². The molecule has 0 aliphatic heterocycles. The number of fused-ring (bicyclic) bond motifs is 1. The summed E-state index contributed by atoms with van der Waals surface area (Å²) in [5, 5.41) is 8.49. The predicted molar refractivity (Wildman–Crippen MR) is 98.9 cm³/mol. The van der Waals surface area contributed by atoms with Crippen LogP contribution in [0.1, 0.15) is 5.56 Å². The van der Waals surface area contributed by atoms with Gasteiger partial charge in [0.05, 0.1) is 5.52 Å². The number of halogens is 2. The Morgan fingerprint density at radius 2 is 1.96 bits per heavy atom. The van der Waals surface area contributed by atoms with Gasteiger partial charge < -0.3 is 10.6 Å². The molecule has 0 saturated heterocycles. The van der Waals surface area contributed by atoms with Gasteiger partial charge in [0.25, 0.3) is 0 Å². The number of hydrogen-bond donors (Lipinski definition) is 2. The molecule has 0 saturated carbocycles. The van der Waals surface area contributed by atoms with Gasteiger partial charge >= 0.3 is 0 Å². The number of alkyl halides is 1. The van der Waals surface area contributed by atoms with E-state index >= 15 is 0 Å². The maximum atomic E-state index is 6.04. The van der Waals surface area contributed by atoms with Gasteiger partial charge in [-0.15, -0.1) is 11.6 Å². The minimum absolute atomic E-state index is 0.615. The molecule has 0 fully saturated rings. The largest absolute Gasteiger partial charge is 0.355 e. The summed E-state index contributed by atoms with van der Waals surface area (Å²) in [4.78, 5) is 4.36. The van der Waals surface area contributed by atoms with Gasteiger partial charge in [-0.1, -0.05) is 23.7 Å². The van der Waals surface area contributed by atoms with Gasteiger partial charge in [-0.3, -0.25) is 4.98 Å². The van der Waals surface area contributed by atoms with E-state index in [1.807, 2.05) is 36.4 Å². The SMILES string of the molecule is ClCCNCc1cccc(Nc2ccnc3cc(Cl)ccc23)c1. The Bertz CT molecular complexity index is 805. The van der Waals surface area contributed by atoms with Crippen molar-refractivity contribution in [1.82, 2.24) is 10.3 Å². The third kappa shape index (κ3) is 4.14. The first-order valence-electron chi connectivity index (χ1n) is 7.43. The number of aromatic nitrogens is 1. The van der Waals surface area contributed by atoms with Crippen LogP contribution in [0.25, 0.3) is 10.9 Å². The summed E-state index contributed by atoms with van der Waals surface area (Å²) >= 11 is 11.7. The Hall–Kier alpha value is -1.81. The fraction of sp³-hybridized carbons (Fsp3) is 0.167. The van der Waals surface area contributed by atoms with Crippen molar-refractivity contribution < 1.29 is 0 Å².